The molecule has 1 aliphatic heterocycles. The van der Waals surface area contributed by atoms with E-state index < -0.39 is 12.0 Å². The van der Waals surface area contributed by atoms with Crippen LogP contribution in [0.2, 0.25) is 0 Å². The van der Waals surface area contributed by atoms with E-state index in [4.69, 9.17) is 0 Å². The number of alkyl halides is 3. The summed E-state index contributed by atoms with van der Waals surface area (Å²) in [6.45, 7) is 6.33. The van der Waals surface area contributed by atoms with E-state index in [-0.39, 0.29) is 24.5 Å². The summed E-state index contributed by atoms with van der Waals surface area (Å²) in [7, 11) is 0. The number of pyridine rings is 2. The second kappa shape index (κ2) is 14.3. The van der Waals surface area contributed by atoms with Gasteiger partial charge in [0.25, 0.3) is 0 Å². The van der Waals surface area contributed by atoms with Gasteiger partial charge in [0.15, 0.2) is 0 Å². The first kappa shape index (κ1) is 29.7. The van der Waals surface area contributed by atoms with Crippen molar-refractivity contribution in [2.75, 3.05) is 0 Å². The van der Waals surface area contributed by atoms with E-state index in [2.05, 4.69) is 49.3 Å². The summed E-state index contributed by atoms with van der Waals surface area (Å²) in [5.41, 5.74) is 1.69. The lowest BCUT2D eigenvalue weighted by Gasteiger charge is -2.25. The number of hydrogen-bond donors (Lipinski definition) is 1. The lowest BCUT2D eigenvalue weighted by Crippen LogP contribution is -2.41. The predicted molar refractivity (Wildman–Crippen MR) is 138 cm³/mol. The number of carbonyl (C=O) groups is 1. The lowest BCUT2D eigenvalue weighted by molar-refractivity contribution is -0.145. The number of nitrogens with one attached hydrogen (secondary N) is 1. The van der Waals surface area contributed by atoms with Crippen LogP contribution in [0.4, 0.5) is 13.2 Å². The summed E-state index contributed by atoms with van der Waals surface area (Å²) < 4.78 is 40.1. The topological polar surface area (TPSA) is 83.9 Å². The molecule has 7 nitrogen and oxygen atoms in total. The highest BCUT2D eigenvalue weighted by atomic mass is 32.2. The third-order valence-electron chi connectivity index (χ3n) is 5.24. The van der Waals surface area contributed by atoms with Gasteiger partial charge in [0.1, 0.15) is 5.03 Å². The Morgan fingerprint density at radius 1 is 1.08 bits per heavy atom. The van der Waals surface area contributed by atoms with Crippen molar-refractivity contribution < 1.29 is 18.0 Å². The zero-order valence-electron chi connectivity index (χ0n) is 20.8. The number of rotatable bonds is 6. The second-order valence-corrected chi connectivity index (χ2v) is 8.68. The second-order valence-electron chi connectivity index (χ2n) is 7.65. The lowest BCUT2D eigenvalue weighted by atomic mass is 10.1. The molecule has 0 aromatic carbocycles. The van der Waals surface area contributed by atoms with Crippen LogP contribution < -0.4 is 5.32 Å². The van der Waals surface area contributed by atoms with Crippen molar-refractivity contribution in [3.63, 3.8) is 0 Å². The quantitative estimate of drug-likeness (QED) is 0.337. The molecule has 1 aliphatic rings. The summed E-state index contributed by atoms with van der Waals surface area (Å²) in [5.74, 6) is -1.28. The van der Waals surface area contributed by atoms with Gasteiger partial charge in [0.2, 0.25) is 11.7 Å². The van der Waals surface area contributed by atoms with E-state index in [1.54, 1.807) is 18.5 Å². The van der Waals surface area contributed by atoms with Crippen LogP contribution in [0.5, 0.6) is 0 Å². The van der Waals surface area contributed by atoms with Gasteiger partial charge < -0.3 is 5.32 Å². The van der Waals surface area contributed by atoms with Gasteiger partial charge in [-0.05, 0) is 55.5 Å². The third-order valence-corrected chi connectivity index (χ3v) is 6.49. The molecule has 1 amide bonds. The number of halogens is 3. The SMILES string of the molecule is C#C.CC.C[C@H]1CC[C@@H](C(=O)NCc2cncc(-c3cnc(C(F)(F)F)nc3)c2)N1Sc1ccccn1. The standard InChI is InChI=1S/C22H21F3N6OS.C2H6.C2H2/c1-14-5-6-18(31(14)33-19-4-2-3-7-27-19)20(32)28-10-15-8-16(11-26-9-15)17-12-29-21(30-13-17)22(23,24)25;2*1-2/h2-4,7-9,11-14,18H,5-6,10H2,1H3,(H,28,32);1-2H3;1-2H/t14-,18-;;/m0../s1. The van der Waals surface area contributed by atoms with Crippen molar-refractivity contribution in [1.82, 2.24) is 29.6 Å². The molecule has 4 heterocycles. The molecule has 1 saturated heterocycles. The van der Waals surface area contributed by atoms with E-state index in [0.717, 1.165) is 35.8 Å². The molecule has 3 aromatic rings. The molecule has 0 saturated carbocycles. The van der Waals surface area contributed by atoms with Gasteiger partial charge in [-0.2, -0.15) is 13.2 Å². The molecule has 0 radical (unpaired) electrons. The number of hydrogen-bond acceptors (Lipinski definition) is 7. The van der Waals surface area contributed by atoms with Crippen LogP contribution in [-0.4, -0.2) is 42.2 Å². The Hall–Kier alpha value is -3.49. The Balaban J connectivity index is 0.00000115. The molecular formula is C26H29F3N6OS. The predicted octanol–water partition coefficient (Wildman–Crippen LogP) is 5.40. The molecule has 3 aromatic heterocycles. The molecule has 2 atom stereocenters. The maximum Gasteiger partial charge on any atom is 0.451 e. The highest BCUT2D eigenvalue weighted by Gasteiger charge is 2.36. The maximum absolute atomic E-state index is 12.9. The fourth-order valence-corrected chi connectivity index (χ4v) is 4.62. The number of terminal acetylenes is 1. The Bertz CT molecular complexity index is 1140. The molecule has 11 heteroatoms. The monoisotopic (exact) mass is 530 g/mol. The smallest absolute Gasteiger partial charge is 0.351 e. The van der Waals surface area contributed by atoms with Gasteiger partial charge in [-0.15, -0.1) is 12.8 Å². The van der Waals surface area contributed by atoms with E-state index in [9.17, 15) is 18.0 Å². The minimum Gasteiger partial charge on any atom is -0.351 e. The van der Waals surface area contributed by atoms with E-state index >= 15 is 0 Å². The molecule has 1 fully saturated rings. The van der Waals surface area contributed by atoms with Crippen LogP contribution in [0, 0.1) is 12.8 Å². The molecule has 0 aliphatic carbocycles. The first-order valence-electron chi connectivity index (χ1n) is 11.6. The zero-order chi connectivity index (χ0) is 27.4. The highest BCUT2D eigenvalue weighted by Crippen LogP contribution is 2.34. The van der Waals surface area contributed by atoms with E-state index in [1.165, 1.54) is 18.1 Å². The minimum absolute atomic E-state index is 0.0916. The van der Waals surface area contributed by atoms with Gasteiger partial charge in [0, 0.05) is 54.7 Å². The van der Waals surface area contributed by atoms with Crippen LogP contribution in [0.25, 0.3) is 11.1 Å². The van der Waals surface area contributed by atoms with Crippen LogP contribution in [-0.2, 0) is 17.5 Å². The molecule has 196 valence electrons. The van der Waals surface area contributed by atoms with Crippen LogP contribution in [0.15, 0.2) is 60.3 Å². The minimum atomic E-state index is -4.59. The van der Waals surface area contributed by atoms with Gasteiger partial charge in [0.05, 0.1) is 6.04 Å². The fraction of sp³-hybridized carbons (Fsp3) is 0.346. The molecule has 4 rings (SSSR count). The van der Waals surface area contributed by atoms with Crippen molar-refractivity contribution in [1.29, 1.82) is 0 Å². The molecule has 0 bridgehead atoms. The first-order chi connectivity index (χ1) is 17.8. The van der Waals surface area contributed by atoms with E-state index in [1.807, 2.05) is 32.0 Å². The van der Waals surface area contributed by atoms with Crippen molar-refractivity contribution in [2.45, 2.75) is 63.4 Å². The highest BCUT2D eigenvalue weighted by molar-refractivity contribution is 7.97. The van der Waals surface area contributed by atoms with Crippen LogP contribution >= 0.6 is 11.9 Å². The largest absolute Gasteiger partial charge is 0.451 e. The van der Waals surface area contributed by atoms with Crippen LogP contribution in [0.3, 0.4) is 0 Å². The Morgan fingerprint density at radius 3 is 2.41 bits per heavy atom. The summed E-state index contributed by atoms with van der Waals surface area (Å²) in [4.78, 5) is 28.2. The molecule has 37 heavy (non-hydrogen) atoms. The van der Waals surface area contributed by atoms with Gasteiger partial charge in [-0.1, -0.05) is 19.9 Å². The number of amides is 1. The van der Waals surface area contributed by atoms with E-state index in [0.29, 0.717) is 11.1 Å². The Kier molecular flexibility index (Phi) is 11.5. The summed E-state index contributed by atoms with van der Waals surface area (Å²) in [6, 6.07) is 7.36. The molecule has 0 spiro atoms. The maximum atomic E-state index is 12.9. The van der Waals surface area contributed by atoms with Crippen molar-refractivity contribution in [2.24, 2.45) is 0 Å². The van der Waals surface area contributed by atoms with Crippen molar-refractivity contribution in [3.8, 4) is 24.0 Å². The third kappa shape index (κ3) is 8.27. The Morgan fingerprint density at radius 2 is 1.78 bits per heavy atom. The first-order valence-corrected chi connectivity index (χ1v) is 12.4. The molecule has 1 N–H and O–H groups in total. The van der Waals surface area contributed by atoms with Gasteiger partial charge in [-0.3, -0.25) is 9.78 Å². The van der Waals surface area contributed by atoms with Crippen molar-refractivity contribution >= 4 is 17.9 Å². The molecule has 0 unspecified atom stereocenters. The number of aromatic nitrogens is 4. The molecular weight excluding hydrogens is 501 g/mol. The van der Waals surface area contributed by atoms with Gasteiger partial charge >= 0.3 is 6.18 Å². The summed E-state index contributed by atoms with van der Waals surface area (Å²) in [5, 5.41) is 3.78. The number of carbonyl (C=O) groups excluding carboxylic acids is 1. The average molecular weight is 531 g/mol. The average Bonchev–Trinajstić information content (AvgIpc) is 3.29. The normalized spacial score (nSPS) is 17.1. The van der Waals surface area contributed by atoms with Gasteiger partial charge in [-0.25, -0.2) is 19.3 Å². The summed E-state index contributed by atoms with van der Waals surface area (Å²) in [6.07, 6.45) is 12.1. The fourth-order valence-electron chi connectivity index (χ4n) is 3.54. The zero-order valence-corrected chi connectivity index (χ0v) is 21.6. The van der Waals surface area contributed by atoms with Crippen molar-refractivity contribution in [3.05, 3.63) is 66.6 Å². The Labute approximate surface area is 219 Å². The number of nitrogens with zero attached hydrogens (tertiary/aromatic N) is 5. The van der Waals surface area contributed by atoms with Crippen LogP contribution in [0.1, 0.15) is 45.0 Å². The summed E-state index contributed by atoms with van der Waals surface area (Å²) >= 11 is 1.48.